The maximum atomic E-state index is 11.4. The molecule has 0 amide bonds. The van der Waals surface area contributed by atoms with Gasteiger partial charge in [-0.3, -0.25) is 4.99 Å². The van der Waals surface area contributed by atoms with Gasteiger partial charge in [0.25, 0.3) is 0 Å². The predicted octanol–water partition coefficient (Wildman–Crippen LogP) is 1.76. The Kier molecular flexibility index (Phi) is 2.54. The van der Waals surface area contributed by atoms with Crippen molar-refractivity contribution in [3.63, 3.8) is 0 Å². The van der Waals surface area contributed by atoms with Crippen molar-refractivity contribution in [2.75, 3.05) is 6.61 Å². The van der Waals surface area contributed by atoms with Gasteiger partial charge in [0.15, 0.2) is 0 Å². The molecule has 0 aromatic carbocycles. The first kappa shape index (κ1) is 9.27. The molecule has 3 nitrogen and oxygen atoms in total. The van der Waals surface area contributed by atoms with Crippen LogP contribution in [-0.2, 0) is 9.53 Å². The fourth-order valence-electron chi connectivity index (χ4n) is 1.21. The van der Waals surface area contributed by atoms with Crippen molar-refractivity contribution in [3.8, 4) is 0 Å². The van der Waals surface area contributed by atoms with Crippen molar-refractivity contribution in [1.82, 2.24) is 0 Å². The molecular weight excluding hydrogens is 198 g/mol. The van der Waals surface area contributed by atoms with E-state index in [0.29, 0.717) is 11.5 Å². The van der Waals surface area contributed by atoms with E-state index < -0.39 is 0 Å². The molecule has 0 saturated carbocycles. The highest BCUT2D eigenvalue weighted by molar-refractivity contribution is 8.07. The second kappa shape index (κ2) is 3.84. The molecule has 0 aromatic rings. The van der Waals surface area contributed by atoms with E-state index in [1.807, 2.05) is 12.2 Å². The molecule has 14 heavy (non-hydrogen) atoms. The Labute approximate surface area is 86.2 Å². The molecular formula is C10H10NO2S. The molecule has 0 fully saturated rings. The molecule has 0 spiro atoms. The Morgan fingerprint density at radius 3 is 3.14 bits per heavy atom. The molecule has 2 heterocycles. The Hall–Kier alpha value is -1.29. The zero-order valence-corrected chi connectivity index (χ0v) is 8.62. The molecule has 0 bridgehead atoms. The van der Waals surface area contributed by atoms with Gasteiger partial charge in [0.2, 0.25) is 0 Å². The van der Waals surface area contributed by atoms with E-state index in [-0.39, 0.29) is 5.97 Å². The van der Waals surface area contributed by atoms with Crippen LogP contribution < -0.4 is 0 Å². The zero-order chi connectivity index (χ0) is 9.97. The summed E-state index contributed by atoms with van der Waals surface area (Å²) in [4.78, 5) is 17.3. The van der Waals surface area contributed by atoms with Gasteiger partial charge in [-0.1, -0.05) is 0 Å². The van der Waals surface area contributed by atoms with Crippen LogP contribution in [-0.4, -0.2) is 18.8 Å². The Bertz CT molecular complexity index is 391. The Morgan fingerprint density at radius 1 is 1.50 bits per heavy atom. The predicted molar refractivity (Wildman–Crippen MR) is 58.4 cm³/mol. The lowest BCUT2D eigenvalue weighted by Crippen LogP contribution is -2.06. The third-order valence-electron chi connectivity index (χ3n) is 1.83. The van der Waals surface area contributed by atoms with Crippen molar-refractivity contribution < 1.29 is 9.53 Å². The number of esters is 1. The van der Waals surface area contributed by atoms with Crippen LogP contribution in [0.2, 0.25) is 0 Å². The van der Waals surface area contributed by atoms with E-state index in [4.69, 9.17) is 4.74 Å². The third kappa shape index (κ3) is 1.65. The SMILES string of the molecule is CCOC(=O)C1=CC=C2N=CC=C2[SH]1. The molecule has 1 radical (unpaired) electrons. The van der Waals surface area contributed by atoms with E-state index in [1.165, 1.54) is 0 Å². The number of aliphatic imine (C=N–C) groups is 1. The fraction of sp³-hybridized carbons (Fsp3) is 0.200. The van der Waals surface area contributed by atoms with Crippen molar-refractivity contribution in [2.24, 2.45) is 4.99 Å². The number of fused-ring (bicyclic) bond motifs is 1. The number of allylic oxidation sites excluding steroid dienone is 3. The molecule has 2 rings (SSSR count). The smallest absolute Gasteiger partial charge is 0.343 e. The molecule has 73 valence electrons. The quantitative estimate of drug-likeness (QED) is 0.554. The molecule has 0 aromatic heterocycles. The van der Waals surface area contributed by atoms with Crippen LogP contribution in [0.1, 0.15) is 6.92 Å². The van der Waals surface area contributed by atoms with Crippen LogP contribution in [0.15, 0.2) is 38.7 Å². The van der Waals surface area contributed by atoms with E-state index >= 15 is 0 Å². The first-order valence-corrected chi connectivity index (χ1v) is 5.26. The fourth-order valence-corrected chi connectivity index (χ4v) is 2.16. The number of thiol groups is 1. The van der Waals surface area contributed by atoms with Crippen molar-refractivity contribution in [2.45, 2.75) is 6.92 Å². The monoisotopic (exact) mass is 208 g/mol. The summed E-state index contributed by atoms with van der Waals surface area (Å²) in [6.07, 6.45) is 7.28. The minimum atomic E-state index is -0.239. The van der Waals surface area contributed by atoms with Gasteiger partial charge < -0.3 is 4.74 Å². The van der Waals surface area contributed by atoms with Gasteiger partial charge in [0, 0.05) is 11.1 Å². The van der Waals surface area contributed by atoms with Crippen LogP contribution >= 0.6 is 11.8 Å². The maximum absolute atomic E-state index is 11.4. The van der Waals surface area contributed by atoms with Crippen LogP contribution in [0.25, 0.3) is 0 Å². The number of hydrogen-bond acceptors (Lipinski definition) is 3. The van der Waals surface area contributed by atoms with Crippen molar-refractivity contribution in [3.05, 3.63) is 33.7 Å². The van der Waals surface area contributed by atoms with E-state index in [2.05, 4.69) is 4.99 Å². The molecule has 2 aliphatic heterocycles. The van der Waals surface area contributed by atoms with Gasteiger partial charge in [-0.2, -0.15) is 11.8 Å². The average Bonchev–Trinajstić information content (AvgIpc) is 2.64. The van der Waals surface area contributed by atoms with E-state index in [0.717, 1.165) is 22.4 Å². The molecule has 0 aliphatic carbocycles. The summed E-state index contributed by atoms with van der Waals surface area (Å²) < 4.78 is 4.92. The summed E-state index contributed by atoms with van der Waals surface area (Å²) >= 11 is 0.888. The van der Waals surface area contributed by atoms with Gasteiger partial charge in [-0.05, 0) is 25.2 Å². The maximum Gasteiger partial charge on any atom is 0.343 e. The Balaban J connectivity index is 2.15. The van der Waals surface area contributed by atoms with Crippen molar-refractivity contribution >= 4 is 23.9 Å². The molecule has 0 unspecified atom stereocenters. The van der Waals surface area contributed by atoms with Crippen molar-refractivity contribution in [1.29, 1.82) is 0 Å². The normalized spacial score (nSPS) is 18.2. The van der Waals surface area contributed by atoms with Gasteiger partial charge in [-0.15, -0.1) is 0 Å². The largest absolute Gasteiger partial charge is 0.462 e. The number of nitrogens with zero attached hydrogens (tertiary/aromatic N) is 1. The van der Waals surface area contributed by atoms with Gasteiger partial charge in [0.05, 0.1) is 17.2 Å². The average molecular weight is 208 g/mol. The van der Waals surface area contributed by atoms with Crippen LogP contribution in [0.4, 0.5) is 0 Å². The summed E-state index contributed by atoms with van der Waals surface area (Å²) in [5.41, 5.74) is 0.944. The summed E-state index contributed by atoms with van der Waals surface area (Å²) in [6, 6.07) is 0. The highest BCUT2D eigenvalue weighted by atomic mass is 32.2. The lowest BCUT2D eigenvalue weighted by molar-refractivity contribution is -0.137. The number of carbonyl (C=O) groups is 1. The lowest BCUT2D eigenvalue weighted by Gasteiger charge is -2.12. The number of rotatable bonds is 2. The highest BCUT2D eigenvalue weighted by Gasteiger charge is 2.18. The summed E-state index contributed by atoms with van der Waals surface area (Å²) in [5.74, 6) is -0.239. The van der Waals surface area contributed by atoms with Crippen LogP contribution in [0.3, 0.4) is 0 Å². The number of ether oxygens (including phenoxy) is 1. The highest BCUT2D eigenvalue weighted by Crippen LogP contribution is 2.37. The molecule has 2 aliphatic rings. The summed E-state index contributed by atoms with van der Waals surface area (Å²) in [7, 11) is 0. The summed E-state index contributed by atoms with van der Waals surface area (Å²) in [6.45, 7) is 2.22. The Morgan fingerprint density at radius 2 is 2.36 bits per heavy atom. The minimum Gasteiger partial charge on any atom is -0.462 e. The molecule has 0 saturated heterocycles. The first-order chi connectivity index (χ1) is 6.81. The standard InChI is InChI=1S/C10H10NO2S/c1-2-13-10(12)9-4-3-7-8(14-9)5-6-11-7/h3-6,14H,2H2,1H3. The number of carbonyl (C=O) groups excluding carboxylic acids is 1. The summed E-state index contributed by atoms with van der Waals surface area (Å²) in [5, 5.41) is 0. The van der Waals surface area contributed by atoms with Crippen LogP contribution in [0.5, 0.6) is 0 Å². The third-order valence-corrected chi connectivity index (χ3v) is 3.02. The molecule has 4 heteroatoms. The lowest BCUT2D eigenvalue weighted by atomic mass is 10.3. The second-order valence-electron chi connectivity index (χ2n) is 2.77. The van der Waals surface area contributed by atoms with Crippen LogP contribution in [0, 0.1) is 0 Å². The zero-order valence-electron chi connectivity index (χ0n) is 7.73. The molecule has 0 atom stereocenters. The van der Waals surface area contributed by atoms with Gasteiger partial charge in [-0.25, -0.2) is 4.79 Å². The van der Waals surface area contributed by atoms with E-state index in [9.17, 15) is 4.79 Å². The van der Waals surface area contributed by atoms with Gasteiger partial charge in [0.1, 0.15) is 0 Å². The minimum absolute atomic E-state index is 0.239. The second-order valence-corrected chi connectivity index (χ2v) is 3.95. The van der Waals surface area contributed by atoms with Gasteiger partial charge >= 0.3 is 5.97 Å². The topological polar surface area (TPSA) is 38.7 Å². The first-order valence-electron chi connectivity index (χ1n) is 4.37. The molecule has 0 N–H and O–H groups in total. The number of hydrogen-bond donors (Lipinski definition) is 1. The van der Waals surface area contributed by atoms with E-state index in [1.54, 1.807) is 19.2 Å².